The molecule has 0 saturated heterocycles. The van der Waals surface area contributed by atoms with Gasteiger partial charge in [0.1, 0.15) is 12.0 Å². The minimum absolute atomic E-state index is 0.102. The van der Waals surface area contributed by atoms with Crippen LogP contribution in [0.2, 0.25) is 18.1 Å². The van der Waals surface area contributed by atoms with E-state index in [4.69, 9.17) is 9.16 Å². The maximum absolute atomic E-state index is 13.5. The van der Waals surface area contributed by atoms with Gasteiger partial charge in [0, 0.05) is 5.92 Å². The molecule has 0 radical (unpaired) electrons. The van der Waals surface area contributed by atoms with E-state index in [9.17, 15) is 14.4 Å². The van der Waals surface area contributed by atoms with Crippen molar-refractivity contribution in [3.8, 4) is 0 Å². The smallest absolute Gasteiger partial charge is 0.313 e. The standard InChI is InChI=1S/C25H46O5Si/c1-12-16-18(5)22(30-31(13-2,14-3)15-4)19(6)23(28)25(10,11)20(26)17-21(27)29-24(7,8)9/h12,18-19,22H,1,13-17H2,2-11H3/t18-,19+,22-/m0/s1. The lowest BCUT2D eigenvalue weighted by Gasteiger charge is -2.40. The summed E-state index contributed by atoms with van der Waals surface area (Å²) in [4.78, 5) is 38.6. The van der Waals surface area contributed by atoms with Gasteiger partial charge in [-0.1, -0.05) is 40.7 Å². The molecule has 0 aliphatic rings. The number of hydrogen-bond donors (Lipinski definition) is 0. The van der Waals surface area contributed by atoms with Gasteiger partial charge in [0.05, 0.1) is 11.5 Å². The molecule has 0 aliphatic heterocycles. The van der Waals surface area contributed by atoms with Crippen LogP contribution < -0.4 is 0 Å². The predicted octanol–water partition coefficient (Wildman–Crippen LogP) is 6.12. The molecule has 0 aromatic heterocycles. The summed E-state index contributed by atoms with van der Waals surface area (Å²) in [5, 5.41) is 0. The van der Waals surface area contributed by atoms with Crippen LogP contribution in [0.25, 0.3) is 0 Å². The molecule has 5 nitrogen and oxygen atoms in total. The number of allylic oxidation sites excluding steroid dienone is 1. The number of carbonyl (C=O) groups excluding carboxylic acids is 3. The zero-order valence-corrected chi connectivity index (χ0v) is 22.6. The first-order valence-corrected chi connectivity index (χ1v) is 14.2. The van der Waals surface area contributed by atoms with Gasteiger partial charge in [-0.3, -0.25) is 14.4 Å². The Hall–Kier alpha value is -1.27. The molecule has 0 fully saturated rings. The summed E-state index contributed by atoms with van der Waals surface area (Å²) in [6.07, 6.45) is 1.89. The summed E-state index contributed by atoms with van der Waals surface area (Å²) in [6, 6.07) is 2.96. The molecule has 0 unspecified atom stereocenters. The Labute approximate surface area is 191 Å². The zero-order chi connectivity index (χ0) is 24.6. The van der Waals surface area contributed by atoms with Gasteiger partial charge in [-0.2, -0.15) is 0 Å². The molecule has 0 bridgehead atoms. The molecule has 0 N–H and O–H groups in total. The average Bonchev–Trinajstić information content (AvgIpc) is 2.67. The number of esters is 1. The lowest BCUT2D eigenvalue weighted by Crippen LogP contribution is -2.49. The first-order chi connectivity index (χ1) is 14.1. The topological polar surface area (TPSA) is 69.7 Å². The van der Waals surface area contributed by atoms with Crippen molar-refractivity contribution < 1.29 is 23.5 Å². The van der Waals surface area contributed by atoms with Crippen molar-refractivity contribution in [1.82, 2.24) is 0 Å². The Morgan fingerprint density at radius 3 is 1.84 bits per heavy atom. The lowest BCUT2D eigenvalue weighted by molar-refractivity contribution is -0.158. The minimum Gasteiger partial charge on any atom is -0.460 e. The van der Waals surface area contributed by atoms with Crippen molar-refractivity contribution in [2.24, 2.45) is 17.3 Å². The summed E-state index contributed by atoms with van der Waals surface area (Å²) in [5.74, 6) is -1.58. The number of rotatable bonds is 14. The fourth-order valence-corrected chi connectivity index (χ4v) is 7.00. The molecule has 0 heterocycles. The van der Waals surface area contributed by atoms with Crippen LogP contribution in [0, 0.1) is 17.3 Å². The highest BCUT2D eigenvalue weighted by atomic mass is 28.4. The third-order valence-electron chi connectivity index (χ3n) is 6.36. The highest BCUT2D eigenvalue weighted by Gasteiger charge is 2.45. The first kappa shape index (κ1) is 29.7. The van der Waals surface area contributed by atoms with E-state index in [-0.39, 0.29) is 17.8 Å². The molecule has 0 amide bonds. The Morgan fingerprint density at radius 1 is 0.968 bits per heavy atom. The van der Waals surface area contributed by atoms with Crippen LogP contribution in [0.15, 0.2) is 12.7 Å². The van der Waals surface area contributed by atoms with E-state index in [0.29, 0.717) is 0 Å². The second kappa shape index (κ2) is 12.1. The Bertz CT molecular complexity index is 620. The number of carbonyl (C=O) groups is 3. The number of Topliss-reactive ketones (excluding diaryl/α,β-unsaturated/α-hetero) is 2. The molecule has 6 heteroatoms. The fraction of sp³-hybridized carbons (Fsp3) is 0.800. The molecule has 3 atom stereocenters. The summed E-state index contributed by atoms with van der Waals surface area (Å²) in [7, 11) is -1.97. The number of hydrogen-bond acceptors (Lipinski definition) is 5. The molecule has 0 saturated carbocycles. The summed E-state index contributed by atoms with van der Waals surface area (Å²) in [5.41, 5.74) is -1.97. The van der Waals surface area contributed by atoms with E-state index in [0.717, 1.165) is 24.6 Å². The van der Waals surface area contributed by atoms with Gasteiger partial charge in [-0.05, 0) is 65.1 Å². The van der Waals surface area contributed by atoms with E-state index in [1.165, 1.54) is 0 Å². The molecule has 0 aliphatic carbocycles. The van der Waals surface area contributed by atoms with Gasteiger partial charge < -0.3 is 9.16 Å². The molecule has 0 spiro atoms. The van der Waals surface area contributed by atoms with E-state index < -0.39 is 43.4 Å². The van der Waals surface area contributed by atoms with Crippen LogP contribution in [0.1, 0.15) is 82.1 Å². The molecule has 0 rings (SSSR count). The lowest BCUT2D eigenvalue weighted by atomic mass is 9.74. The summed E-state index contributed by atoms with van der Waals surface area (Å²) < 4.78 is 12.0. The van der Waals surface area contributed by atoms with E-state index in [1.54, 1.807) is 34.6 Å². The number of ketones is 2. The Balaban J connectivity index is 5.73. The van der Waals surface area contributed by atoms with E-state index in [1.807, 2.05) is 13.0 Å². The molecular weight excluding hydrogens is 408 g/mol. The Kier molecular flexibility index (Phi) is 11.6. The van der Waals surface area contributed by atoms with Crippen LogP contribution >= 0.6 is 0 Å². The fourth-order valence-electron chi connectivity index (χ4n) is 3.98. The third kappa shape index (κ3) is 8.64. The predicted molar refractivity (Wildman–Crippen MR) is 129 cm³/mol. The zero-order valence-electron chi connectivity index (χ0n) is 21.6. The summed E-state index contributed by atoms with van der Waals surface area (Å²) in [6.45, 7) is 22.7. The van der Waals surface area contributed by atoms with Crippen molar-refractivity contribution in [2.75, 3.05) is 0 Å². The van der Waals surface area contributed by atoms with Gasteiger partial charge in [0.15, 0.2) is 19.9 Å². The van der Waals surface area contributed by atoms with Crippen molar-refractivity contribution in [1.29, 1.82) is 0 Å². The normalized spacial score (nSPS) is 15.7. The van der Waals surface area contributed by atoms with Gasteiger partial charge in [-0.15, -0.1) is 6.58 Å². The van der Waals surface area contributed by atoms with Crippen LogP contribution in [-0.4, -0.2) is 37.6 Å². The molecule has 0 aromatic rings. The highest BCUT2D eigenvalue weighted by Crippen LogP contribution is 2.34. The van der Waals surface area contributed by atoms with Gasteiger partial charge in [-0.25, -0.2) is 0 Å². The first-order valence-electron chi connectivity index (χ1n) is 11.7. The van der Waals surface area contributed by atoms with Crippen molar-refractivity contribution in [3.63, 3.8) is 0 Å². The van der Waals surface area contributed by atoms with Gasteiger partial charge in [0.2, 0.25) is 0 Å². The van der Waals surface area contributed by atoms with E-state index >= 15 is 0 Å². The average molecular weight is 455 g/mol. The van der Waals surface area contributed by atoms with Crippen LogP contribution in [0.3, 0.4) is 0 Å². The van der Waals surface area contributed by atoms with Crippen molar-refractivity contribution >= 4 is 25.9 Å². The van der Waals surface area contributed by atoms with Crippen LogP contribution in [-0.2, 0) is 23.5 Å². The van der Waals surface area contributed by atoms with Crippen molar-refractivity contribution in [3.05, 3.63) is 12.7 Å². The summed E-state index contributed by atoms with van der Waals surface area (Å²) >= 11 is 0. The molecule has 180 valence electrons. The molecular formula is C25H46O5Si. The van der Waals surface area contributed by atoms with E-state index in [2.05, 4.69) is 34.3 Å². The van der Waals surface area contributed by atoms with Gasteiger partial charge in [0.25, 0.3) is 0 Å². The SMILES string of the molecule is C=CC[C@H](C)[C@H](O[Si](CC)(CC)CC)[C@@H](C)C(=O)C(C)(C)C(=O)CC(=O)OC(C)(C)C. The Morgan fingerprint density at radius 2 is 1.45 bits per heavy atom. The van der Waals surface area contributed by atoms with Crippen LogP contribution in [0.5, 0.6) is 0 Å². The molecule has 31 heavy (non-hydrogen) atoms. The van der Waals surface area contributed by atoms with Crippen LogP contribution in [0.4, 0.5) is 0 Å². The highest BCUT2D eigenvalue weighted by molar-refractivity contribution is 6.73. The number of ether oxygens (including phenoxy) is 1. The minimum atomic E-state index is -1.97. The molecule has 0 aromatic carbocycles. The van der Waals surface area contributed by atoms with Crippen molar-refractivity contribution in [2.45, 2.75) is 112 Å². The van der Waals surface area contributed by atoms with Gasteiger partial charge >= 0.3 is 5.97 Å². The largest absolute Gasteiger partial charge is 0.460 e. The maximum Gasteiger partial charge on any atom is 0.313 e. The maximum atomic E-state index is 13.5. The monoisotopic (exact) mass is 454 g/mol. The third-order valence-corrected chi connectivity index (χ3v) is 11.0. The second-order valence-corrected chi connectivity index (χ2v) is 15.0. The second-order valence-electron chi connectivity index (χ2n) is 10.3. The quantitative estimate of drug-likeness (QED) is 0.137.